The second kappa shape index (κ2) is 2.23. The van der Waals surface area contributed by atoms with E-state index >= 15 is 0 Å². The highest BCUT2D eigenvalue weighted by atomic mass is 32.1. The summed E-state index contributed by atoms with van der Waals surface area (Å²) < 4.78 is 0. The van der Waals surface area contributed by atoms with Gasteiger partial charge in [-0.05, 0) is 35.9 Å². The second-order valence-corrected chi connectivity index (χ2v) is 4.14. The summed E-state index contributed by atoms with van der Waals surface area (Å²) in [5.74, 6) is 0. The lowest BCUT2D eigenvalue weighted by Gasteiger charge is -2.10. The summed E-state index contributed by atoms with van der Waals surface area (Å²) in [6.45, 7) is 0. The molecule has 1 N–H and O–H groups in total. The van der Waals surface area contributed by atoms with Gasteiger partial charge in [0.2, 0.25) is 0 Å². The molecule has 1 nitrogen and oxygen atoms in total. The quantitative estimate of drug-likeness (QED) is 0.633. The molecule has 1 aliphatic carbocycles. The lowest BCUT2D eigenvalue weighted by atomic mass is 9.97. The summed E-state index contributed by atoms with van der Waals surface area (Å²) in [4.78, 5) is 4.84. The van der Waals surface area contributed by atoms with Crippen LogP contribution in [0.15, 0.2) is 23.7 Å². The standard InChI is InChI=1S/C10H9NS/c1-2-9-8(4-6-12-9)10-7(1)3-5-11-10/h3-6,11H,1-2H2. The summed E-state index contributed by atoms with van der Waals surface area (Å²) in [5.41, 5.74) is 4.24. The van der Waals surface area contributed by atoms with Crippen LogP contribution in [0.5, 0.6) is 0 Å². The molecule has 0 saturated carbocycles. The Morgan fingerprint density at radius 3 is 3.25 bits per heavy atom. The number of rotatable bonds is 0. The molecular formula is C10H9NS. The Morgan fingerprint density at radius 2 is 2.25 bits per heavy atom. The van der Waals surface area contributed by atoms with Gasteiger partial charge in [-0.25, -0.2) is 0 Å². The summed E-state index contributed by atoms with van der Waals surface area (Å²) >= 11 is 1.87. The first-order valence-electron chi connectivity index (χ1n) is 4.18. The van der Waals surface area contributed by atoms with Crippen LogP contribution >= 0.6 is 11.3 Å². The van der Waals surface area contributed by atoms with Crippen LogP contribution in [0, 0.1) is 0 Å². The highest BCUT2D eigenvalue weighted by Gasteiger charge is 2.16. The van der Waals surface area contributed by atoms with E-state index in [9.17, 15) is 0 Å². The lowest BCUT2D eigenvalue weighted by molar-refractivity contribution is 0.964. The Bertz CT molecular complexity index is 371. The van der Waals surface area contributed by atoms with Crippen LogP contribution < -0.4 is 0 Å². The fraction of sp³-hybridized carbons (Fsp3) is 0.200. The van der Waals surface area contributed by atoms with Gasteiger partial charge in [0.15, 0.2) is 0 Å². The number of aromatic nitrogens is 1. The van der Waals surface area contributed by atoms with Crippen LogP contribution in [-0.4, -0.2) is 4.98 Å². The minimum Gasteiger partial charge on any atom is -0.361 e. The molecule has 60 valence electrons. The van der Waals surface area contributed by atoms with E-state index in [4.69, 9.17) is 0 Å². The van der Waals surface area contributed by atoms with Gasteiger partial charge in [-0.15, -0.1) is 11.3 Å². The molecule has 0 bridgehead atoms. The molecule has 0 saturated heterocycles. The van der Waals surface area contributed by atoms with Crippen LogP contribution in [0.1, 0.15) is 10.4 Å². The smallest absolute Gasteiger partial charge is 0.0497 e. The third-order valence-corrected chi connectivity index (χ3v) is 3.45. The average molecular weight is 175 g/mol. The number of hydrogen-bond acceptors (Lipinski definition) is 1. The van der Waals surface area contributed by atoms with Crippen LogP contribution in [0.3, 0.4) is 0 Å². The zero-order chi connectivity index (χ0) is 7.97. The van der Waals surface area contributed by atoms with Gasteiger partial charge in [0, 0.05) is 22.3 Å². The number of aromatic amines is 1. The topological polar surface area (TPSA) is 15.8 Å². The van der Waals surface area contributed by atoms with Crippen LogP contribution in [-0.2, 0) is 12.8 Å². The molecule has 2 heteroatoms. The molecule has 0 fully saturated rings. The molecule has 1 aliphatic rings. The number of thiophene rings is 1. The van der Waals surface area contributed by atoms with Crippen molar-refractivity contribution >= 4 is 11.3 Å². The van der Waals surface area contributed by atoms with E-state index in [-0.39, 0.29) is 0 Å². The summed E-state index contributed by atoms with van der Waals surface area (Å²) in [5, 5.41) is 2.18. The number of fused-ring (bicyclic) bond motifs is 3. The highest BCUT2D eigenvalue weighted by molar-refractivity contribution is 7.10. The third kappa shape index (κ3) is 0.730. The predicted molar refractivity (Wildman–Crippen MR) is 51.5 cm³/mol. The van der Waals surface area contributed by atoms with Crippen molar-refractivity contribution in [2.45, 2.75) is 12.8 Å². The molecule has 2 aromatic rings. The van der Waals surface area contributed by atoms with Gasteiger partial charge in [0.1, 0.15) is 0 Å². The first kappa shape index (κ1) is 6.49. The maximum absolute atomic E-state index is 3.31. The van der Waals surface area contributed by atoms with Gasteiger partial charge in [-0.2, -0.15) is 0 Å². The molecular weight excluding hydrogens is 166 g/mol. The van der Waals surface area contributed by atoms with E-state index in [0.29, 0.717) is 0 Å². The SMILES string of the molecule is c1cc2c([nH]1)-c1ccsc1CC2. The zero-order valence-electron chi connectivity index (χ0n) is 6.63. The molecule has 2 aromatic heterocycles. The Morgan fingerprint density at radius 1 is 1.25 bits per heavy atom. The first-order chi connectivity index (χ1) is 5.95. The summed E-state index contributed by atoms with van der Waals surface area (Å²) in [7, 11) is 0. The van der Waals surface area contributed by atoms with Gasteiger partial charge in [0.05, 0.1) is 0 Å². The minimum atomic E-state index is 1.20. The average Bonchev–Trinajstić information content (AvgIpc) is 2.71. The van der Waals surface area contributed by atoms with Gasteiger partial charge in [0.25, 0.3) is 0 Å². The van der Waals surface area contributed by atoms with E-state index in [2.05, 4.69) is 22.5 Å². The van der Waals surface area contributed by atoms with E-state index < -0.39 is 0 Å². The molecule has 0 spiro atoms. The molecule has 0 radical (unpaired) electrons. The number of aryl methyl sites for hydroxylation is 2. The summed E-state index contributed by atoms with van der Waals surface area (Å²) in [6.07, 6.45) is 4.46. The number of hydrogen-bond donors (Lipinski definition) is 1. The van der Waals surface area contributed by atoms with Crippen molar-refractivity contribution in [1.29, 1.82) is 0 Å². The highest BCUT2D eigenvalue weighted by Crippen LogP contribution is 2.35. The Kier molecular flexibility index (Phi) is 1.21. The van der Waals surface area contributed by atoms with Crippen molar-refractivity contribution in [2.24, 2.45) is 0 Å². The number of H-pyrrole nitrogens is 1. The Hall–Kier alpha value is -1.02. The van der Waals surface area contributed by atoms with Crippen molar-refractivity contribution in [3.8, 4) is 11.3 Å². The largest absolute Gasteiger partial charge is 0.361 e. The maximum Gasteiger partial charge on any atom is 0.0497 e. The minimum absolute atomic E-state index is 1.20. The van der Waals surface area contributed by atoms with E-state index in [1.807, 2.05) is 17.5 Å². The Balaban J connectivity index is 2.32. The third-order valence-electron chi connectivity index (χ3n) is 2.47. The Labute approximate surface area is 75.1 Å². The molecule has 0 aromatic carbocycles. The molecule has 0 atom stereocenters. The van der Waals surface area contributed by atoms with Gasteiger partial charge >= 0.3 is 0 Å². The number of nitrogens with one attached hydrogen (secondary N) is 1. The van der Waals surface area contributed by atoms with Crippen molar-refractivity contribution in [2.75, 3.05) is 0 Å². The van der Waals surface area contributed by atoms with E-state index in [1.165, 1.54) is 34.5 Å². The molecule has 2 heterocycles. The molecule has 0 unspecified atom stereocenters. The van der Waals surface area contributed by atoms with E-state index in [0.717, 1.165) is 0 Å². The zero-order valence-corrected chi connectivity index (χ0v) is 7.45. The van der Waals surface area contributed by atoms with Crippen LogP contribution in [0.25, 0.3) is 11.3 Å². The predicted octanol–water partition coefficient (Wildman–Crippen LogP) is 2.84. The lowest BCUT2D eigenvalue weighted by Crippen LogP contribution is -1.98. The molecule has 0 aliphatic heterocycles. The van der Waals surface area contributed by atoms with Gasteiger partial charge in [-0.1, -0.05) is 0 Å². The van der Waals surface area contributed by atoms with Crippen LogP contribution in [0.4, 0.5) is 0 Å². The maximum atomic E-state index is 3.31. The fourth-order valence-corrected chi connectivity index (χ4v) is 2.75. The molecule has 3 rings (SSSR count). The molecule has 12 heavy (non-hydrogen) atoms. The van der Waals surface area contributed by atoms with Gasteiger partial charge < -0.3 is 4.98 Å². The van der Waals surface area contributed by atoms with Crippen LogP contribution in [0.2, 0.25) is 0 Å². The normalized spacial score (nSPS) is 14.0. The fourth-order valence-electron chi connectivity index (χ4n) is 1.87. The molecule has 0 amide bonds. The van der Waals surface area contributed by atoms with Gasteiger partial charge in [-0.3, -0.25) is 0 Å². The van der Waals surface area contributed by atoms with Crippen molar-refractivity contribution in [3.05, 3.63) is 34.2 Å². The monoisotopic (exact) mass is 175 g/mol. The second-order valence-electron chi connectivity index (χ2n) is 3.14. The van der Waals surface area contributed by atoms with Crippen molar-refractivity contribution < 1.29 is 0 Å². The first-order valence-corrected chi connectivity index (χ1v) is 5.06. The summed E-state index contributed by atoms with van der Waals surface area (Å²) in [6, 6.07) is 4.41. The van der Waals surface area contributed by atoms with Crippen molar-refractivity contribution in [1.82, 2.24) is 4.98 Å². The van der Waals surface area contributed by atoms with Crippen molar-refractivity contribution in [3.63, 3.8) is 0 Å². The van der Waals surface area contributed by atoms with E-state index in [1.54, 1.807) is 0 Å².